The number of carboxylic acid groups (broad SMARTS) is 1. The summed E-state index contributed by atoms with van der Waals surface area (Å²) in [5.74, 6) is -0.536. The van der Waals surface area contributed by atoms with Crippen molar-refractivity contribution in [3.8, 4) is 0 Å². The first-order chi connectivity index (χ1) is 9.90. The zero-order valence-corrected chi connectivity index (χ0v) is 13.6. The second-order valence-electron chi connectivity index (χ2n) is 5.81. The second-order valence-corrected chi connectivity index (χ2v) is 7.37. The molecule has 0 saturated heterocycles. The van der Waals surface area contributed by atoms with Crippen molar-refractivity contribution in [1.29, 1.82) is 0 Å². The number of hydrogen-bond donors (Lipinski definition) is 3. The quantitative estimate of drug-likeness (QED) is 0.660. The summed E-state index contributed by atoms with van der Waals surface area (Å²) in [5.41, 5.74) is 0. The van der Waals surface area contributed by atoms with Gasteiger partial charge in [0.05, 0.1) is 5.92 Å². The standard InChI is InChI=1S/C14H26N2O4S/c1-10(7-8-21(2)20)16-14(19)15-9-11-5-3-4-6-12(11)13(17)18/h10-12H,3-9H2,1-2H3,(H,17,18)(H2,15,16,19). The van der Waals surface area contributed by atoms with Gasteiger partial charge in [-0.05, 0) is 32.1 Å². The predicted molar refractivity (Wildman–Crippen MR) is 82.6 cm³/mol. The molecule has 0 aliphatic heterocycles. The van der Waals surface area contributed by atoms with Crippen molar-refractivity contribution in [1.82, 2.24) is 10.6 Å². The van der Waals surface area contributed by atoms with Crippen LogP contribution in [0.1, 0.15) is 39.0 Å². The van der Waals surface area contributed by atoms with Crippen LogP contribution < -0.4 is 10.6 Å². The molecule has 0 heterocycles. The minimum Gasteiger partial charge on any atom is -0.481 e. The number of carboxylic acids is 1. The van der Waals surface area contributed by atoms with E-state index in [0.717, 1.165) is 19.3 Å². The van der Waals surface area contributed by atoms with Crippen molar-refractivity contribution in [2.75, 3.05) is 18.6 Å². The molecule has 3 N–H and O–H groups in total. The molecule has 1 saturated carbocycles. The Bertz CT molecular complexity index is 389. The molecule has 1 aliphatic rings. The van der Waals surface area contributed by atoms with Gasteiger partial charge in [-0.3, -0.25) is 9.00 Å². The maximum Gasteiger partial charge on any atom is 0.315 e. The fourth-order valence-electron chi connectivity index (χ4n) is 2.69. The van der Waals surface area contributed by atoms with Crippen LogP contribution in [0, 0.1) is 11.8 Å². The third-order valence-corrected chi connectivity index (χ3v) is 4.78. The van der Waals surface area contributed by atoms with E-state index in [4.69, 9.17) is 0 Å². The average Bonchev–Trinajstić information content (AvgIpc) is 2.43. The number of carbonyl (C=O) groups excluding carboxylic acids is 1. The maximum atomic E-state index is 11.8. The molecular weight excluding hydrogens is 292 g/mol. The lowest BCUT2D eigenvalue weighted by Gasteiger charge is -2.28. The van der Waals surface area contributed by atoms with Crippen LogP contribution in [-0.2, 0) is 15.6 Å². The number of rotatable bonds is 7. The first-order valence-corrected chi connectivity index (χ1v) is 9.20. The summed E-state index contributed by atoms with van der Waals surface area (Å²) >= 11 is 0. The van der Waals surface area contributed by atoms with Gasteiger partial charge in [-0.2, -0.15) is 0 Å². The summed E-state index contributed by atoms with van der Waals surface area (Å²) in [4.78, 5) is 23.0. The highest BCUT2D eigenvalue weighted by molar-refractivity contribution is 7.84. The molecule has 0 bridgehead atoms. The van der Waals surface area contributed by atoms with E-state index in [1.54, 1.807) is 6.26 Å². The first-order valence-electron chi connectivity index (χ1n) is 7.47. The highest BCUT2D eigenvalue weighted by Crippen LogP contribution is 2.29. The number of amides is 2. The van der Waals surface area contributed by atoms with Crippen LogP contribution in [-0.4, -0.2) is 45.9 Å². The topological polar surface area (TPSA) is 95.5 Å². The normalized spacial score (nSPS) is 24.9. The van der Waals surface area contributed by atoms with Crippen LogP contribution in [0.2, 0.25) is 0 Å². The van der Waals surface area contributed by atoms with E-state index in [2.05, 4.69) is 10.6 Å². The molecule has 0 aromatic carbocycles. The van der Waals surface area contributed by atoms with Crippen molar-refractivity contribution in [2.45, 2.75) is 45.1 Å². The molecule has 4 atom stereocenters. The number of carbonyl (C=O) groups is 2. The molecule has 6 nitrogen and oxygen atoms in total. The fraction of sp³-hybridized carbons (Fsp3) is 0.857. The van der Waals surface area contributed by atoms with Gasteiger partial charge in [-0.25, -0.2) is 4.79 Å². The van der Waals surface area contributed by atoms with Crippen LogP contribution in [0.3, 0.4) is 0 Å². The number of nitrogens with one attached hydrogen (secondary N) is 2. The molecule has 1 rings (SSSR count). The van der Waals surface area contributed by atoms with Crippen molar-refractivity contribution < 1.29 is 18.9 Å². The summed E-state index contributed by atoms with van der Waals surface area (Å²) < 4.78 is 11.0. The van der Waals surface area contributed by atoms with Gasteiger partial charge in [-0.15, -0.1) is 0 Å². The van der Waals surface area contributed by atoms with Gasteiger partial charge in [0.1, 0.15) is 0 Å². The molecule has 0 radical (unpaired) electrons. The fourth-order valence-corrected chi connectivity index (χ4v) is 3.38. The van der Waals surface area contributed by atoms with Crippen LogP contribution in [0.5, 0.6) is 0 Å². The second kappa shape index (κ2) is 9.02. The van der Waals surface area contributed by atoms with Crippen molar-refractivity contribution in [3.05, 3.63) is 0 Å². The Kier molecular flexibility index (Phi) is 7.71. The van der Waals surface area contributed by atoms with Gasteiger partial charge in [-0.1, -0.05) is 12.8 Å². The molecular formula is C14H26N2O4S. The van der Waals surface area contributed by atoms with E-state index < -0.39 is 16.8 Å². The molecule has 1 fully saturated rings. The van der Waals surface area contributed by atoms with Crippen LogP contribution in [0.15, 0.2) is 0 Å². The number of urea groups is 1. The van der Waals surface area contributed by atoms with Crippen molar-refractivity contribution in [3.63, 3.8) is 0 Å². The van der Waals surface area contributed by atoms with Crippen LogP contribution in [0.4, 0.5) is 4.79 Å². The molecule has 2 amide bonds. The van der Waals surface area contributed by atoms with E-state index in [9.17, 15) is 18.9 Å². The van der Waals surface area contributed by atoms with E-state index in [1.807, 2.05) is 6.92 Å². The SMILES string of the molecule is CC(CCS(C)=O)NC(=O)NCC1CCCCC1C(=O)O. The maximum absolute atomic E-state index is 11.8. The lowest BCUT2D eigenvalue weighted by molar-refractivity contribution is -0.144. The molecule has 0 spiro atoms. The van der Waals surface area contributed by atoms with Gasteiger partial charge in [0.15, 0.2) is 0 Å². The molecule has 7 heteroatoms. The Balaban J connectivity index is 2.31. The van der Waals surface area contributed by atoms with Crippen LogP contribution in [0.25, 0.3) is 0 Å². The van der Waals surface area contributed by atoms with E-state index in [-0.39, 0.29) is 23.9 Å². The minimum absolute atomic E-state index is 0.0143. The summed E-state index contributed by atoms with van der Waals surface area (Å²) in [6.45, 7) is 2.27. The molecule has 4 unspecified atom stereocenters. The summed E-state index contributed by atoms with van der Waals surface area (Å²) in [6.07, 6.45) is 5.82. The first kappa shape index (κ1) is 17.9. The summed E-state index contributed by atoms with van der Waals surface area (Å²) in [7, 11) is -0.856. The highest BCUT2D eigenvalue weighted by Gasteiger charge is 2.30. The molecule has 21 heavy (non-hydrogen) atoms. The largest absolute Gasteiger partial charge is 0.481 e. The van der Waals surface area contributed by atoms with Gasteiger partial charge in [0.2, 0.25) is 0 Å². The smallest absolute Gasteiger partial charge is 0.315 e. The Morgan fingerprint density at radius 2 is 2.00 bits per heavy atom. The highest BCUT2D eigenvalue weighted by atomic mass is 32.2. The molecule has 122 valence electrons. The Labute approximate surface area is 128 Å². The van der Waals surface area contributed by atoms with Gasteiger partial charge in [0, 0.05) is 35.4 Å². The van der Waals surface area contributed by atoms with Gasteiger partial charge >= 0.3 is 12.0 Å². The zero-order chi connectivity index (χ0) is 15.8. The lowest BCUT2D eigenvalue weighted by atomic mass is 9.79. The monoisotopic (exact) mass is 318 g/mol. The third-order valence-electron chi connectivity index (χ3n) is 3.97. The third kappa shape index (κ3) is 6.93. The van der Waals surface area contributed by atoms with Crippen molar-refractivity contribution in [2.24, 2.45) is 11.8 Å². The predicted octanol–water partition coefficient (Wildman–Crippen LogP) is 1.33. The minimum atomic E-state index is -0.856. The number of aliphatic carboxylic acids is 1. The summed E-state index contributed by atoms with van der Waals surface area (Å²) in [5, 5.41) is 14.7. The molecule has 1 aliphatic carbocycles. The van der Waals surface area contributed by atoms with Crippen LogP contribution >= 0.6 is 0 Å². The van der Waals surface area contributed by atoms with E-state index in [0.29, 0.717) is 25.1 Å². The average molecular weight is 318 g/mol. The number of hydrogen-bond acceptors (Lipinski definition) is 3. The van der Waals surface area contributed by atoms with Gasteiger partial charge in [0.25, 0.3) is 0 Å². The summed E-state index contributed by atoms with van der Waals surface area (Å²) in [6, 6.07) is -0.324. The van der Waals surface area contributed by atoms with E-state index >= 15 is 0 Å². The Morgan fingerprint density at radius 1 is 1.33 bits per heavy atom. The Morgan fingerprint density at radius 3 is 2.62 bits per heavy atom. The van der Waals surface area contributed by atoms with E-state index in [1.165, 1.54) is 0 Å². The van der Waals surface area contributed by atoms with Crippen molar-refractivity contribution >= 4 is 22.8 Å². The van der Waals surface area contributed by atoms with Gasteiger partial charge < -0.3 is 15.7 Å². The molecule has 0 aromatic heterocycles. The lowest BCUT2D eigenvalue weighted by Crippen LogP contribution is -2.44. The molecule has 0 aromatic rings. The zero-order valence-electron chi connectivity index (χ0n) is 12.8. The Hall–Kier alpha value is -1.11.